The monoisotopic (exact) mass is 316 g/mol. The zero-order valence-electron chi connectivity index (χ0n) is 12.4. The molecule has 0 fully saturated rings. The number of carbonyl (C=O) groups excluding carboxylic acids is 1. The van der Waals surface area contributed by atoms with E-state index in [9.17, 15) is 13.6 Å². The lowest BCUT2D eigenvalue weighted by molar-refractivity contribution is 0.0778. The summed E-state index contributed by atoms with van der Waals surface area (Å²) < 4.78 is 31.9. The third-order valence-corrected chi connectivity index (χ3v) is 3.59. The standard InChI is InChI=1S/C17H14F2N2O2/c1-23-16-6-5-11(10-14(16)19)15-7-8-21(20-15)17(22)12-3-2-4-13(18)9-12/h2-6,9-10H,7-8H2,1H3. The van der Waals surface area contributed by atoms with Gasteiger partial charge >= 0.3 is 0 Å². The van der Waals surface area contributed by atoms with E-state index in [2.05, 4.69) is 5.10 Å². The Labute approximate surface area is 132 Å². The Morgan fingerprint density at radius 3 is 2.74 bits per heavy atom. The number of hydrogen-bond acceptors (Lipinski definition) is 3. The summed E-state index contributed by atoms with van der Waals surface area (Å²) in [7, 11) is 1.39. The number of carbonyl (C=O) groups is 1. The molecule has 1 aliphatic heterocycles. The summed E-state index contributed by atoms with van der Waals surface area (Å²) in [6, 6.07) is 9.99. The van der Waals surface area contributed by atoms with E-state index in [1.54, 1.807) is 6.07 Å². The SMILES string of the molecule is COc1ccc(C2=NN(C(=O)c3cccc(F)c3)CC2)cc1F. The number of amides is 1. The van der Waals surface area contributed by atoms with E-state index in [-0.39, 0.29) is 17.2 Å². The fourth-order valence-corrected chi connectivity index (χ4v) is 2.42. The molecule has 2 aromatic carbocycles. The molecule has 118 valence electrons. The van der Waals surface area contributed by atoms with Gasteiger partial charge in [0.05, 0.1) is 19.4 Å². The van der Waals surface area contributed by atoms with Crippen molar-refractivity contribution in [2.75, 3.05) is 13.7 Å². The second-order valence-corrected chi connectivity index (χ2v) is 5.08. The molecule has 0 spiro atoms. The smallest absolute Gasteiger partial charge is 0.274 e. The molecule has 0 saturated heterocycles. The van der Waals surface area contributed by atoms with Gasteiger partial charge < -0.3 is 4.74 Å². The van der Waals surface area contributed by atoms with Crippen molar-refractivity contribution in [2.45, 2.75) is 6.42 Å². The number of hydrogen-bond donors (Lipinski definition) is 0. The fraction of sp³-hybridized carbons (Fsp3) is 0.176. The first-order chi connectivity index (χ1) is 11.1. The largest absolute Gasteiger partial charge is 0.494 e. The second kappa shape index (κ2) is 6.16. The number of benzene rings is 2. The summed E-state index contributed by atoms with van der Waals surface area (Å²) in [5, 5.41) is 5.50. The molecule has 0 atom stereocenters. The summed E-state index contributed by atoms with van der Waals surface area (Å²) >= 11 is 0. The van der Waals surface area contributed by atoms with Gasteiger partial charge in [-0.05, 0) is 36.4 Å². The molecule has 0 radical (unpaired) electrons. The molecular formula is C17H14F2N2O2. The molecular weight excluding hydrogens is 302 g/mol. The molecule has 6 heteroatoms. The van der Waals surface area contributed by atoms with E-state index < -0.39 is 11.6 Å². The average molecular weight is 316 g/mol. The predicted octanol–water partition coefficient (Wildman–Crippen LogP) is 3.22. The number of methoxy groups -OCH3 is 1. The van der Waals surface area contributed by atoms with Gasteiger partial charge in [0.25, 0.3) is 5.91 Å². The van der Waals surface area contributed by atoms with Crippen LogP contribution in [0.5, 0.6) is 5.75 Å². The van der Waals surface area contributed by atoms with Crippen molar-refractivity contribution in [3.8, 4) is 5.75 Å². The lowest BCUT2D eigenvalue weighted by atomic mass is 10.1. The van der Waals surface area contributed by atoms with Crippen molar-refractivity contribution in [3.05, 3.63) is 65.2 Å². The average Bonchev–Trinajstić information content (AvgIpc) is 3.04. The maximum Gasteiger partial charge on any atom is 0.274 e. The van der Waals surface area contributed by atoms with Gasteiger partial charge in [-0.3, -0.25) is 4.79 Å². The zero-order valence-corrected chi connectivity index (χ0v) is 12.4. The molecule has 0 saturated carbocycles. The van der Waals surface area contributed by atoms with Crippen molar-refractivity contribution in [3.63, 3.8) is 0 Å². The van der Waals surface area contributed by atoms with Crippen LogP contribution in [0.25, 0.3) is 0 Å². The van der Waals surface area contributed by atoms with Crippen LogP contribution >= 0.6 is 0 Å². The molecule has 0 unspecified atom stereocenters. The van der Waals surface area contributed by atoms with Gasteiger partial charge in [-0.15, -0.1) is 0 Å². The van der Waals surface area contributed by atoms with Gasteiger partial charge in [-0.2, -0.15) is 5.10 Å². The Morgan fingerprint density at radius 1 is 1.22 bits per heavy atom. The Hall–Kier alpha value is -2.76. The van der Waals surface area contributed by atoms with E-state index >= 15 is 0 Å². The number of hydrazone groups is 1. The minimum atomic E-state index is -0.484. The molecule has 2 aromatic rings. The lowest BCUT2D eigenvalue weighted by Crippen LogP contribution is -2.23. The fourth-order valence-electron chi connectivity index (χ4n) is 2.42. The van der Waals surface area contributed by atoms with Crippen LogP contribution in [0.15, 0.2) is 47.6 Å². The molecule has 0 aliphatic carbocycles. The number of halogens is 2. The second-order valence-electron chi connectivity index (χ2n) is 5.08. The number of ether oxygens (including phenoxy) is 1. The Morgan fingerprint density at radius 2 is 2.04 bits per heavy atom. The topological polar surface area (TPSA) is 41.9 Å². The maximum absolute atomic E-state index is 13.8. The van der Waals surface area contributed by atoms with Crippen LogP contribution in [0, 0.1) is 11.6 Å². The molecule has 0 aromatic heterocycles. The molecule has 0 bridgehead atoms. The predicted molar refractivity (Wildman–Crippen MR) is 81.5 cm³/mol. The first kappa shape index (κ1) is 15.1. The van der Waals surface area contributed by atoms with E-state index in [1.807, 2.05) is 0 Å². The zero-order chi connectivity index (χ0) is 16.4. The van der Waals surface area contributed by atoms with Crippen LogP contribution in [0.2, 0.25) is 0 Å². The quantitative estimate of drug-likeness (QED) is 0.872. The minimum absolute atomic E-state index is 0.153. The highest BCUT2D eigenvalue weighted by Crippen LogP contribution is 2.22. The van der Waals surface area contributed by atoms with E-state index in [1.165, 1.54) is 48.5 Å². The first-order valence-corrected chi connectivity index (χ1v) is 7.07. The highest BCUT2D eigenvalue weighted by atomic mass is 19.1. The van der Waals surface area contributed by atoms with Crippen molar-refractivity contribution < 1.29 is 18.3 Å². The van der Waals surface area contributed by atoms with E-state index in [0.29, 0.717) is 24.2 Å². The molecule has 1 aliphatic rings. The van der Waals surface area contributed by atoms with Crippen molar-refractivity contribution in [1.82, 2.24) is 5.01 Å². The van der Waals surface area contributed by atoms with Crippen LogP contribution in [0.3, 0.4) is 0 Å². The summed E-state index contributed by atoms with van der Waals surface area (Å²) in [5.74, 6) is -1.19. The van der Waals surface area contributed by atoms with Gasteiger partial charge in [0.2, 0.25) is 0 Å². The number of nitrogens with zero attached hydrogens (tertiary/aromatic N) is 2. The summed E-state index contributed by atoms with van der Waals surface area (Å²) in [4.78, 5) is 12.3. The van der Waals surface area contributed by atoms with Crippen LogP contribution in [-0.2, 0) is 0 Å². The van der Waals surface area contributed by atoms with Crippen LogP contribution in [0.4, 0.5) is 8.78 Å². The maximum atomic E-state index is 13.8. The molecule has 23 heavy (non-hydrogen) atoms. The molecule has 3 rings (SSSR count). The third kappa shape index (κ3) is 3.06. The summed E-state index contributed by atoms with van der Waals surface area (Å²) in [5.41, 5.74) is 1.44. The molecule has 1 heterocycles. The van der Waals surface area contributed by atoms with Gasteiger partial charge in [-0.1, -0.05) is 6.07 Å². The van der Waals surface area contributed by atoms with Gasteiger partial charge in [0, 0.05) is 17.5 Å². The highest BCUT2D eigenvalue weighted by Gasteiger charge is 2.23. The van der Waals surface area contributed by atoms with Crippen LogP contribution in [0.1, 0.15) is 22.3 Å². The Bertz CT molecular complexity index is 790. The Balaban J connectivity index is 1.83. The third-order valence-electron chi connectivity index (χ3n) is 3.59. The van der Waals surface area contributed by atoms with Crippen LogP contribution in [-0.4, -0.2) is 30.3 Å². The van der Waals surface area contributed by atoms with Gasteiger partial charge in [-0.25, -0.2) is 13.8 Å². The summed E-state index contributed by atoms with van der Waals surface area (Å²) in [6.45, 7) is 0.373. The minimum Gasteiger partial charge on any atom is -0.494 e. The highest BCUT2D eigenvalue weighted by molar-refractivity contribution is 6.04. The van der Waals surface area contributed by atoms with E-state index in [4.69, 9.17) is 4.74 Å². The Kier molecular flexibility index (Phi) is 4.06. The van der Waals surface area contributed by atoms with Gasteiger partial charge in [0.15, 0.2) is 11.6 Å². The molecule has 1 amide bonds. The van der Waals surface area contributed by atoms with Gasteiger partial charge in [0.1, 0.15) is 5.82 Å². The normalized spacial score (nSPS) is 13.9. The molecule has 0 N–H and O–H groups in total. The van der Waals surface area contributed by atoms with Crippen molar-refractivity contribution in [2.24, 2.45) is 5.10 Å². The van der Waals surface area contributed by atoms with Crippen molar-refractivity contribution in [1.29, 1.82) is 0 Å². The first-order valence-electron chi connectivity index (χ1n) is 7.07. The van der Waals surface area contributed by atoms with E-state index in [0.717, 1.165) is 0 Å². The van der Waals surface area contributed by atoms with Crippen LogP contribution < -0.4 is 4.74 Å². The molecule has 4 nitrogen and oxygen atoms in total. The summed E-state index contributed by atoms with van der Waals surface area (Å²) in [6.07, 6.45) is 0.507. The van der Waals surface area contributed by atoms with Crippen molar-refractivity contribution >= 4 is 11.6 Å². The number of rotatable bonds is 3. The lowest BCUT2D eigenvalue weighted by Gasteiger charge is -2.11.